The summed E-state index contributed by atoms with van der Waals surface area (Å²) in [5, 5.41) is 21.3. The van der Waals surface area contributed by atoms with Crippen molar-refractivity contribution in [2.24, 2.45) is 17.4 Å². The maximum absolute atomic E-state index is 13.8. The molecule has 7 atom stereocenters. The lowest BCUT2D eigenvalue weighted by atomic mass is 10.0. The number of nitrogens with one attached hydrogen (secondary N) is 4. The molecule has 0 saturated carbocycles. The van der Waals surface area contributed by atoms with Gasteiger partial charge in [-0.05, 0) is 89.6 Å². The first-order valence-corrected chi connectivity index (χ1v) is 18.6. The summed E-state index contributed by atoms with van der Waals surface area (Å²) in [7, 11) is 0. The zero-order valence-corrected chi connectivity index (χ0v) is 29.9. The second-order valence-corrected chi connectivity index (χ2v) is 14.4. The molecule has 51 heavy (non-hydrogen) atoms. The van der Waals surface area contributed by atoms with Crippen LogP contribution in [0.25, 0.3) is 0 Å². The average Bonchev–Trinajstić information content (AvgIpc) is 3.94. The van der Waals surface area contributed by atoms with Gasteiger partial charge in [0.05, 0.1) is 12.6 Å². The molecule has 0 aromatic carbocycles. The second-order valence-electron chi connectivity index (χ2n) is 14.4. The predicted molar refractivity (Wildman–Crippen MR) is 185 cm³/mol. The van der Waals surface area contributed by atoms with E-state index in [9.17, 15) is 38.7 Å². The third-order valence-electron chi connectivity index (χ3n) is 10.5. The van der Waals surface area contributed by atoms with E-state index in [-0.39, 0.29) is 30.8 Å². The van der Waals surface area contributed by atoms with Gasteiger partial charge in [-0.15, -0.1) is 0 Å². The van der Waals surface area contributed by atoms with Gasteiger partial charge in [-0.1, -0.05) is 13.8 Å². The Bertz CT molecular complexity index is 1290. The van der Waals surface area contributed by atoms with Crippen molar-refractivity contribution >= 4 is 41.4 Å². The van der Waals surface area contributed by atoms with Crippen LogP contribution in [-0.2, 0) is 33.6 Å². The zero-order valence-electron chi connectivity index (χ0n) is 29.9. The van der Waals surface area contributed by atoms with E-state index in [1.165, 1.54) is 9.80 Å². The van der Waals surface area contributed by atoms with Crippen LogP contribution in [-0.4, -0.2) is 143 Å². The monoisotopic (exact) mass is 719 g/mol. The minimum Gasteiger partial charge on any atom is -0.394 e. The highest BCUT2D eigenvalue weighted by Gasteiger charge is 2.44. The summed E-state index contributed by atoms with van der Waals surface area (Å²) in [5.41, 5.74) is 11.1. The molecule has 4 aliphatic heterocycles. The topological polar surface area (TPSA) is 250 Å². The van der Waals surface area contributed by atoms with Gasteiger partial charge >= 0.3 is 0 Å². The fourth-order valence-corrected chi connectivity index (χ4v) is 7.67. The molecule has 0 unspecified atom stereocenters. The number of carbonyl (C=O) groups excluding carboxylic acids is 7. The van der Waals surface area contributed by atoms with Gasteiger partial charge in [0.1, 0.15) is 36.3 Å². The van der Waals surface area contributed by atoms with E-state index in [2.05, 4.69) is 21.3 Å². The molecular formula is C34H57N9O8. The first kappa shape index (κ1) is 39.9. The molecule has 0 spiro atoms. The number of nitrogens with two attached hydrogens (primary N) is 2. The summed E-state index contributed by atoms with van der Waals surface area (Å²) in [6.45, 7) is 4.92. The number of primary amides is 1. The number of carbonyl (C=O) groups is 7. The van der Waals surface area contributed by atoms with Gasteiger partial charge in [0, 0.05) is 19.6 Å². The van der Waals surface area contributed by atoms with Gasteiger partial charge in [0.25, 0.3) is 0 Å². The number of amides is 7. The third-order valence-corrected chi connectivity index (χ3v) is 10.5. The minimum absolute atomic E-state index is 0.0792. The molecule has 4 fully saturated rings. The lowest BCUT2D eigenvalue weighted by molar-refractivity contribution is -0.147. The minimum atomic E-state index is -1.36. The second kappa shape index (κ2) is 18.6. The van der Waals surface area contributed by atoms with E-state index in [1.54, 1.807) is 18.7 Å². The Balaban J connectivity index is 1.42. The van der Waals surface area contributed by atoms with Crippen molar-refractivity contribution in [1.29, 1.82) is 0 Å². The fraction of sp³-hybridized carbons (Fsp3) is 0.794. The van der Waals surface area contributed by atoms with Crippen LogP contribution in [0.4, 0.5) is 0 Å². The number of aliphatic hydroxyl groups excluding tert-OH is 1. The molecule has 0 bridgehead atoms. The highest BCUT2D eigenvalue weighted by Crippen LogP contribution is 2.27. The van der Waals surface area contributed by atoms with Crippen LogP contribution < -0.4 is 32.7 Å². The lowest BCUT2D eigenvalue weighted by Gasteiger charge is -2.33. The predicted octanol–water partition coefficient (Wildman–Crippen LogP) is -2.57. The summed E-state index contributed by atoms with van der Waals surface area (Å²) < 4.78 is 0. The Morgan fingerprint density at radius 1 is 0.745 bits per heavy atom. The highest BCUT2D eigenvalue weighted by molar-refractivity contribution is 5.97. The number of rotatable bonds is 16. The molecule has 0 aromatic rings. The van der Waals surface area contributed by atoms with E-state index in [1.807, 2.05) is 0 Å². The van der Waals surface area contributed by atoms with Crippen LogP contribution in [0.2, 0.25) is 0 Å². The largest absolute Gasteiger partial charge is 0.394 e. The number of aliphatic hydroxyl groups is 1. The van der Waals surface area contributed by atoms with Crippen LogP contribution in [0, 0.1) is 5.92 Å². The molecule has 0 aliphatic carbocycles. The van der Waals surface area contributed by atoms with Crippen molar-refractivity contribution < 1.29 is 38.7 Å². The Morgan fingerprint density at radius 2 is 1.37 bits per heavy atom. The van der Waals surface area contributed by atoms with E-state index in [0.717, 1.165) is 19.4 Å². The maximum atomic E-state index is 13.8. The first-order chi connectivity index (χ1) is 24.4. The van der Waals surface area contributed by atoms with Crippen LogP contribution in [0.3, 0.4) is 0 Å². The zero-order chi connectivity index (χ0) is 37.2. The summed E-state index contributed by atoms with van der Waals surface area (Å²) >= 11 is 0. The molecule has 4 aliphatic rings. The van der Waals surface area contributed by atoms with Crippen molar-refractivity contribution in [2.45, 2.75) is 127 Å². The summed E-state index contributed by atoms with van der Waals surface area (Å²) in [5.74, 6) is -3.95. The number of hydrogen-bond acceptors (Lipinski definition) is 10. The van der Waals surface area contributed by atoms with Crippen molar-refractivity contribution in [3.05, 3.63) is 0 Å². The SMILES string of the molecule is CC(C)[C@H](NC(=O)[C@H](CCCCN)NC(=O)[C@@H]1CCCN1C(=O)[C@@H]1CCCN1C(=O)[C@@H]1CCCN1)C(=O)N[C@@H](CO)C(=O)N1CCC[C@H]1C(N)=O. The smallest absolute Gasteiger partial charge is 0.248 e. The van der Waals surface area contributed by atoms with Gasteiger partial charge in [-0.3, -0.25) is 33.6 Å². The Morgan fingerprint density at radius 3 is 1.96 bits per heavy atom. The Labute approximate surface area is 299 Å². The van der Waals surface area contributed by atoms with Gasteiger partial charge in [0.15, 0.2) is 0 Å². The normalized spacial score (nSPS) is 25.1. The van der Waals surface area contributed by atoms with Gasteiger partial charge in [0.2, 0.25) is 41.4 Å². The van der Waals surface area contributed by atoms with E-state index >= 15 is 0 Å². The molecule has 17 heteroatoms. The molecule has 9 N–H and O–H groups in total. The Hall–Kier alpha value is -3.83. The quantitative estimate of drug-likeness (QED) is 0.0822. The van der Waals surface area contributed by atoms with Gasteiger partial charge in [-0.25, -0.2) is 0 Å². The van der Waals surface area contributed by atoms with E-state index in [4.69, 9.17) is 11.5 Å². The van der Waals surface area contributed by atoms with E-state index < -0.39 is 78.3 Å². The number of likely N-dealkylation sites (tertiary alicyclic amines) is 3. The third kappa shape index (κ3) is 9.74. The van der Waals surface area contributed by atoms with Crippen LogP contribution in [0.1, 0.15) is 84.5 Å². The molecule has 4 saturated heterocycles. The molecule has 0 aromatic heterocycles. The van der Waals surface area contributed by atoms with Crippen molar-refractivity contribution in [2.75, 3.05) is 39.3 Å². The maximum Gasteiger partial charge on any atom is 0.248 e. The standard InChI is InChI=1S/C34H57N9O8/c1-20(2)27(31(48)39-23(19-44)33(50)41-16-6-11-24(41)28(36)45)40-29(46)21(9-3-4-14-35)38-30(47)25-12-7-17-42(25)34(51)26-13-8-18-43(26)32(49)22-10-5-15-37-22/h20-27,37,44H,3-19,35H2,1-2H3,(H2,36,45)(H,38,47)(H,39,48)(H,40,46)/t21-,22-,23-,24-,25-,26-,27-/m0/s1. The van der Waals surface area contributed by atoms with Crippen LogP contribution in [0.15, 0.2) is 0 Å². The molecule has 7 amide bonds. The Kier molecular flexibility index (Phi) is 14.6. The number of nitrogens with zero attached hydrogens (tertiary/aromatic N) is 3. The molecular weight excluding hydrogens is 662 g/mol. The summed E-state index contributed by atoms with van der Waals surface area (Å²) in [4.78, 5) is 97.5. The van der Waals surface area contributed by atoms with Crippen LogP contribution >= 0.6 is 0 Å². The summed E-state index contributed by atoms with van der Waals surface area (Å²) in [6, 6.07) is -6.13. The van der Waals surface area contributed by atoms with Crippen LogP contribution in [0.5, 0.6) is 0 Å². The number of unbranched alkanes of at least 4 members (excludes halogenated alkanes) is 1. The molecule has 0 radical (unpaired) electrons. The number of hydrogen-bond donors (Lipinski definition) is 7. The van der Waals surface area contributed by atoms with E-state index in [0.29, 0.717) is 71.0 Å². The molecule has 286 valence electrons. The highest BCUT2D eigenvalue weighted by atomic mass is 16.3. The lowest BCUT2D eigenvalue weighted by Crippen LogP contribution is -2.61. The first-order valence-electron chi connectivity index (χ1n) is 18.6. The van der Waals surface area contributed by atoms with Gasteiger partial charge < -0.3 is 52.5 Å². The van der Waals surface area contributed by atoms with Crippen molar-refractivity contribution in [3.8, 4) is 0 Å². The summed E-state index contributed by atoms with van der Waals surface area (Å²) in [6.07, 6.45) is 6.12. The molecule has 17 nitrogen and oxygen atoms in total. The average molecular weight is 720 g/mol. The van der Waals surface area contributed by atoms with Crippen molar-refractivity contribution in [3.63, 3.8) is 0 Å². The fourth-order valence-electron chi connectivity index (χ4n) is 7.67. The van der Waals surface area contributed by atoms with Crippen molar-refractivity contribution in [1.82, 2.24) is 36.0 Å². The molecule has 4 rings (SSSR count). The van der Waals surface area contributed by atoms with Gasteiger partial charge in [-0.2, -0.15) is 0 Å². The molecule has 4 heterocycles.